The average molecular weight is 577 g/mol. The zero-order valence-corrected chi connectivity index (χ0v) is 23.1. The van der Waals surface area contributed by atoms with Crippen LogP contribution in [0.15, 0.2) is 41.1 Å². The first-order valence-corrected chi connectivity index (χ1v) is 13.7. The number of ether oxygens (including phenoxy) is 2. The molecule has 3 heterocycles. The Kier molecular flexibility index (Phi) is 6.83. The molecule has 2 amide bonds. The molecule has 0 atom stereocenters. The highest BCUT2D eigenvalue weighted by Gasteiger charge is 2.34. The van der Waals surface area contributed by atoms with Gasteiger partial charge in [-0.3, -0.25) is 14.5 Å². The van der Waals surface area contributed by atoms with Crippen molar-refractivity contribution >= 4 is 40.8 Å². The number of hydrogen-bond donors (Lipinski definition) is 2. The molecule has 3 aliphatic rings. The van der Waals surface area contributed by atoms with Gasteiger partial charge in [-0.1, -0.05) is 6.07 Å². The standard InChI is InChI=1S/C30H29FN4O7/c1-16-23-25(34(19-5-6-19)14-22(27(23)37)29(38)39)28(41-2)26(24(16)31)33-9-7-17-3-4-20(11-18(17)8-10-33)35-13-21(12-32-15-36)42-30(35)40/h3-4,11-12,14-15,19H,5-10,13H2,1-2H3,(H,32,36)(H,38,39)/b21-12-. The summed E-state index contributed by atoms with van der Waals surface area (Å²) in [5.74, 6) is -1.43. The number of rotatable bonds is 7. The van der Waals surface area contributed by atoms with Crippen LogP contribution in [0.3, 0.4) is 0 Å². The Hall–Kier alpha value is -4.87. The normalized spacial score (nSPS) is 17.7. The van der Waals surface area contributed by atoms with E-state index in [4.69, 9.17) is 9.47 Å². The number of carbonyl (C=O) groups excluding carboxylic acids is 2. The van der Waals surface area contributed by atoms with Crippen molar-refractivity contribution in [3.63, 3.8) is 0 Å². The van der Waals surface area contributed by atoms with Crippen LogP contribution in [0.25, 0.3) is 10.9 Å². The summed E-state index contributed by atoms with van der Waals surface area (Å²) in [5.41, 5.74) is 2.34. The lowest BCUT2D eigenvalue weighted by molar-refractivity contribution is -0.108. The van der Waals surface area contributed by atoms with Gasteiger partial charge < -0.3 is 29.4 Å². The summed E-state index contributed by atoms with van der Waals surface area (Å²) < 4.78 is 29.0. The number of halogens is 1. The molecular formula is C30H29FN4O7. The van der Waals surface area contributed by atoms with Crippen LogP contribution in [0.2, 0.25) is 0 Å². The largest absolute Gasteiger partial charge is 0.492 e. The zero-order valence-electron chi connectivity index (χ0n) is 23.1. The van der Waals surface area contributed by atoms with Gasteiger partial charge in [0.05, 0.1) is 24.6 Å². The minimum Gasteiger partial charge on any atom is -0.492 e. The quantitative estimate of drug-likeness (QED) is 0.408. The van der Waals surface area contributed by atoms with E-state index < -0.39 is 28.9 Å². The predicted octanol–water partition coefficient (Wildman–Crippen LogP) is 3.64. The SMILES string of the molecule is COc1c(N2CCc3ccc(N4C/C(=C/NC=O)OC4=O)cc3CC2)c(F)c(C)c2c(=O)c(C(=O)O)cn(C3CC3)c12. The van der Waals surface area contributed by atoms with Crippen molar-refractivity contribution in [2.24, 2.45) is 0 Å². The molecule has 2 fully saturated rings. The number of fused-ring (bicyclic) bond motifs is 2. The molecule has 0 unspecified atom stereocenters. The predicted molar refractivity (Wildman–Crippen MR) is 152 cm³/mol. The third-order valence-electron chi connectivity index (χ3n) is 8.14. The molecule has 0 bridgehead atoms. The third kappa shape index (κ3) is 4.52. The first-order chi connectivity index (χ1) is 20.2. The molecule has 2 N–H and O–H groups in total. The van der Waals surface area contributed by atoms with Gasteiger partial charge in [-0.2, -0.15) is 0 Å². The van der Waals surface area contributed by atoms with Gasteiger partial charge in [0.1, 0.15) is 17.0 Å². The van der Waals surface area contributed by atoms with Gasteiger partial charge in [-0.15, -0.1) is 0 Å². The van der Waals surface area contributed by atoms with E-state index in [0.717, 1.165) is 24.0 Å². The number of anilines is 2. The summed E-state index contributed by atoms with van der Waals surface area (Å²) >= 11 is 0. The fraction of sp³-hybridized carbons (Fsp3) is 0.333. The maximum Gasteiger partial charge on any atom is 0.419 e. The minimum absolute atomic E-state index is 0.00600. The molecule has 6 rings (SSSR count). The highest BCUT2D eigenvalue weighted by Crippen LogP contribution is 2.45. The highest BCUT2D eigenvalue weighted by molar-refractivity contribution is 5.99. The number of benzene rings is 2. The van der Waals surface area contributed by atoms with E-state index in [1.165, 1.54) is 31.3 Å². The van der Waals surface area contributed by atoms with E-state index in [1.807, 2.05) is 23.1 Å². The number of carboxylic acids is 1. The first-order valence-electron chi connectivity index (χ1n) is 13.7. The van der Waals surface area contributed by atoms with E-state index in [-0.39, 0.29) is 35.0 Å². The molecule has 0 radical (unpaired) electrons. The summed E-state index contributed by atoms with van der Waals surface area (Å²) in [6, 6.07) is 5.71. The Morgan fingerprint density at radius 3 is 2.60 bits per heavy atom. The number of cyclic esters (lactones) is 1. The number of nitrogens with one attached hydrogen (secondary N) is 1. The fourth-order valence-electron chi connectivity index (χ4n) is 5.90. The second kappa shape index (κ2) is 10.5. The Morgan fingerprint density at radius 1 is 1.19 bits per heavy atom. The number of pyridine rings is 1. The zero-order chi connectivity index (χ0) is 29.7. The lowest BCUT2D eigenvalue weighted by Gasteiger charge is -2.28. The summed E-state index contributed by atoms with van der Waals surface area (Å²) in [6.07, 6.45) is 5.43. The van der Waals surface area contributed by atoms with E-state index in [2.05, 4.69) is 5.32 Å². The maximum atomic E-state index is 16.2. The van der Waals surface area contributed by atoms with E-state index in [0.29, 0.717) is 49.3 Å². The van der Waals surface area contributed by atoms with Crippen molar-refractivity contribution in [1.82, 2.24) is 9.88 Å². The van der Waals surface area contributed by atoms with Crippen molar-refractivity contribution in [2.75, 3.05) is 36.5 Å². The Morgan fingerprint density at radius 2 is 1.93 bits per heavy atom. The summed E-state index contributed by atoms with van der Waals surface area (Å²) in [6.45, 7) is 2.59. The van der Waals surface area contributed by atoms with Gasteiger partial charge in [0.2, 0.25) is 11.8 Å². The molecule has 218 valence electrons. The molecular weight excluding hydrogens is 547 g/mol. The minimum atomic E-state index is -1.35. The average Bonchev–Trinajstić information content (AvgIpc) is 3.78. The van der Waals surface area contributed by atoms with Gasteiger partial charge in [0.15, 0.2) is 11.6 Å². The van der Waals surface area contributed by atoms with Crippen LogP contribution in [0, 0.1) is 12.7 Å². The number of carbonyl (C=O) groups is 3. The number of carboxylic acid groups (broad SMARTS) is 1. The van der Waals surface area contributed by atoms with Gasteiger partial charge in [-0.25, -0.2) is 14.0 Å². The number of aromatic carboxylic acids is 1. The second-order valence-electron chi connectivity index (χ2n) is 10.6. The van der Waals surface area contributed by atoms with Crippen LogP contribution >= 0.6 is 0 Å². The number of hydrogen-bond acceptors (Lipinski definition) is 7. The Labute approximate surface area is 239 Å². The van der Waals surface area contributed by atoms with Crippen LogP contribution in [-0.4, -0.2) is 54.9 Å². The van der Waals surface area contributed by atoms with Crippen LogP contribution in [-0.2, 0) is 22.4 Å². The van der Waals surface area contributed by atoms with Gasteiger partial charge in [0, 0.05) is 42.8 Å². The molecule has 11 nitrogen and oxygen atoms in total. The van der Waals surface area contributed by atoms with Crippen LogP contribution < -0.4 is 25.3 Å². The lowest BCUT2D eigenvalue weighted by Crippen LogP contribution is -2.29. The van der Waals surface area contributed by atoms with E-state index in [1.54, 1.807) is 4.57 Å². The highest BCUT2D eigenvalue weighted by atomic mass is 19.1. The van der Waals surface area contributed by atoms with Crippen LogP contribution in [0.1, 0.15) is 45.9 Å². The second-order valence-corrected chi connectivity index (χ2v) is 10.6. The van der Waals surface area contributed by atoms with Gasteiger partial charge >= 0.3 is 12.1 Å². The molecule has 2 aromatic carbocycles. The maximum absolute atomic E-state index is 16.2. The molecule has 1 aromatic heterocycles. The third-order valence-corrected chi connectivity index (χ3v) is 8.14. The lowest BCUT2D eigenvalue weighted by atomic mass is 10.0. The number of nitrogens with zero attached hydrogens (tertiary/aromatic N) is 3. The topological polar surface area (TPSA) is 130 Å². The Balaban J connectivity index is 1.37. The summed E-state index contributed by atoms with van der Waals surface area (Å²) in [5, 5.41) is 12.1. The summed E-state index contributed by atoms with van der Waals surface area (Å²) in [7, 11) is 1.43. The molecule has 3 aromatic rings. The molecule has 1 aliphatic carbocycles. The fourth-order valence-corrected chi connectivity index (χ4v) is 5.90. The van der Waals surface area contributed by atoms with Crippen molar-refractivity contribution in [3.05, 3.63) is 74.6 Å². The molecule has 12 heteroatoms. The molecule has 42 heavy (non-hydrogen) atoms. The summed E-state index contributed by atoms with van der Waals surface area (Å²) in [4.78, 5) is 51.5. The molecule has 0 spiro atoms. The van der Waals surface area contributed by atoms with Gasteiger partial charge in [0.25, 0.3) is 0 Å². The van der Waals surface area contributed by atoms with Crippen LogP contribution in [0.5, 0.6) is 5.75 Å². The van der Waals surface area contributed by atoms with Gasteiger partial charge in [-0.05, 0) is 55.9 Å². The van der Waals surface area contributed by atoms with Crippen molar-refractivity contribution in [2.45, 2.75) is 38.6 Å². The smallest absolute Gasteiger partial charge is 0.419 e. The molecule has 1 saturated heterocycles. The van der Waals surface area contributed by atoms with Crippen molar-refractivity contribution in [3.8, 4) is 5.75 Å². The Bertz CT molecular complexity index is 1740. The number of methoxy groups -OCH3 is 1. The number of amides is 2. The monoisotopic (exact) mass is 576 g/mol. The first kappa shape index (κ1) is 27.3. The number of aromatic nitrogens is 1. The van der Waals surface area contributed by atoms with Crippen molar-refractivity contribution in [1.29, 1.82) is 0 Å². The molecule has 1 saturated carbocycles. The van der Waals surface area contributed by atoms with Crippen molar-refractivity contribution < 1.29 is 33.4 Å². The molecule has 2 aliphatic heterocycles. The van der Waals surface area contributed by atoms with E-state index >= 15 is 4.39 Å². The number of aryl methyl sites for hydroxylation is 1. The van der Waals surface area contributed by atoms with E-state index in [9.17, 15) is 24.3 Å². The van der Waals surface area contributed by atoms with Crippen LogP contribution in [0.4, 0.5) is 20.6 Å².